The van der Waals surface area contributed by atoms with Gasteiger partial charge in [0, 0.05) is 0 Å². The van der Waals surface area contributed by atoms with E-state index in [2.05, 4.69) is 66.7 Å². The smallest absolute Gasteiger partial charge is 0.119 e. The fraction of sp³-hybridized carbons (Fsp3) is 0.250. The van der Waals surface area contributed by atoms with Gasteiger partial charge >= 0.3 is 0 Å². The standard InChI is InChI=1S/C24H25O2/c25-15-16-26-24-18-22(13-11-20-7-3-1-4-8-20)17-23(19-24)14-12-21-9-5-2-6-10-21/h1-10,17-19H,11-16H2. The van der Waals surface area contributed by atoms with Gasteiger partial charge in [-0.1, -0.05) is 66.7 Å². The van der Waals surface area contributed by atoms with Gasteiger partial charge in [0.15, 0.2) is 0 Å². The highest BCUT2D eigenvalue weighted by Crippen LogP contribution is 2.21. The molecule has 0 saturated carbocycles. The second-order valence-electron chi connectivity index (χ2n) is 6.51. The van der Waals surface area contributed by atoms with Gasteiger partial charge in [-0.05, 0) is 60.1 Å². The summed E-state index contributed by atoms with van der Waals surface area (Å²) in [6.45, 7) is 0.00779. The first-order valence-electron chi connectivity index (χ1n) is 9.25. The molecule has 0 N–H and O–H groups in total. The second-order valence-corrected chi connectivity index (χ2v) is 6.51. The quantitative estimate of drug-likeness (QED) is 0.532. The summed E-state index contributed by atoms with van der Waals surface area (Å²) in [6, 6.07) is 27.5. The van der Waals surface area contributed by atoms with E-state index in [0.717, 1.165) is 31.4 Å². The number of benzene rings is 3. The number of hydrogen-bond donors (Lipinski definition) is 0. The van der Waals surface area contributed by atoms with Gasteiger partial charge in [-0.15, -0.1) is 0 Å². The van der Waals surface area contributed by atoms with Crippen molar-refractivity contribution in [1.29, 1.82) is 0 Å². The molecule has 0 spiro atoms. The zero-order chi connectivity index (χ0) is 18.0. The molecule has 1 radical (unpaired) electrons. The van der Waals surface area contributed by atoms with Crippen molar-refractivity contribution in [3.8, 4) is 5.75 Å². The van der Waals surface area contributed by atoms with E-state index in [1.165, 1.54) is 22.3 Å². The van der Waals surface area contributed by atoms with Gasteiger partial charge in [-0.2, -0.15) is 0 Å². The van der Waals surface area contributed by atoms with E-state index in [9.17, 15) is 5.11 Å². The molecule has 0 aliphatic rings. The molecule has 2 heteroatoms. The first kappa shape index (κ1) is 18.2. The van der Waals surface area contributed by atoms with Gasteiger partial charge < -0.3 is 4.74 Å². The molecule has 0 atom stereocenters. The van der Waals surface area contributed by atoms with Crippen molar-refractivity contribution < 1.29 is 9.84 Å². The number of hydrogen-bond acceptors (Lipinski definition) is 1. The molecular formula is C24H25O2. The summed E-state index contributed by atoms with van der Waals surface area (Å²) in [6.07, 6.45) is 3.95. The Balaban J connectivity index is 1.70. The highest BCUT2D eigenvalue weighted by atomic mass is 16.5. The van der Waals surface area contributed by atoms with Crippen molar-refractivity contribution in [3.63, 3.8) is 0 Å². The van der Waals surface area contributed by atoms with Gasteiger partial charge in [-0.3, -0.25) is 0 Å². The summed E-state index contributed by atoms with van der Waals surface area (Å²) >= 11 is 0. The monoisotopic (exact) mass is 345 g/mol. The first-order chi connectivity index (χ1) is 12.8. The number of rotatable bonds is 9. The predicted octanol–water partition coefficient (Wildman–Crippen LogP) is 5.07. The Hall–Kier alpha value is -2.58. The van der Waals surface area contributed by atoms with Gasteiger partial charge in [0.25, 0.3) is 0 Å². The largest absolute Gasteiger partial charge is 0.491 e. The van der Waals surface area contributed by atoms with E-state index < -0.39 is 0 Å². The zero-order valence-corrected chi connectivity index (χ0v) is 15.1. The van der Waals surface area contributed by atoms with Crippen LogP contribution in [0.5, 0.6) is 5.75 Å². The van der Waals surface area contributed by atoms with Crippen molar-refractivity contribution in [2.24, 2.45) is 0 Å². The molecule has 26 heavy (non-hydrogen) atoms. The molecule has 0 aliphatic heterocycles. The van der Waals surface area contributed by atoms with Crippen LogP contribution in [-0.4, -0.2) is 13.2 Å². The summed E-state index contributed by atoms with van der Waals surface area (Å²) in [5.41, 5.74) is 5.20. The molecule has 0 fully saturated rings. The lowest BCUT2D eigenvalue weighted by Crippen LogP contribution is -2.03. The molecule has 2 nitrogen and oxygen atoms in total. The Bertz CT molecular complexity index is 720. The van der Waals surface area contributed by atoms with Crippen LogP contribution in [0.2, 0.25) is 0 Å². The van der Waals surface area contributed by atoms with Gasteiger partial charge in [-0.25, -0.2) is 5.11 Å². The van der Waals surface area contributed by atoms with Crippen molar-refractivity contribution in [2.45, 2.75) is 25.7 Å². The maximum Gasteiger partial charge on any atom is 0.119 e. The number of aryl methyl sites for hydroxylation is 4. The van der Waals surface area contributed by atoms with Crippen LogP contribution in [0.25, 0.3) is 0 Å². The van der Waals surface area contributed by atoms with E-state index in [4.69, 9.17) is 4.74 Å². The van der Waals surface area contributed by atoms with Gasteiger partial charge in [0.05, 0.1) is 0 Å². The van der Waals surface area contributed by atoms with Gasteiger partial charge in [0.2, 0.25) is 0 Å². The van der Waals surface area contributed by atoms with Crippen LogP contribution >= 0.6 is 0 Å². The molecule has 3 aromatic rings. The number of ether oxygens (including phenoxy) is 1. The first-order valence-corrected chi connectivity index (χ1v) is 9.25. The van der Waals surface area contributed by atoms with Crippen LogP contribution in [0.1, 0.15) is 22.3 Å². The minimum Gasteiger partial charge on any atom is -0.491 e. The van der Waals surface area contributed by atoms with Crippen molar-refractivity contribution in [1.82, 2.24) is 0 Å². The van der Waals surface area contributed by atoms with Crippen molar-refractivity contribution >= 4 is 0 Å². The van der Waals surface area contributed by atoms with Crippen molar-refractivity contribution in [2.75, 3.05) is 13.2 Å². The zero-order valence-electron chi connectivity index (χ0n) is 15.1. The highest BCUT2D eigenvalue weighted by molar-refractivity contribution is 5.36. The third-order valence-electron chi connectivity index (χ3n) is 4.47. The van der Waals surface area contributed by atoms with Crippen LogP contribution in [0.3, 0.4) is 0 Å². The second kappa shape index (κ2) is 9.79. The molecule has 3 rings (SSSR count). The molecule has 133 valence electrons. The molecule has 0 heterocycles. The van der Waals surface area contributed by atoms with E-state index in [1.54, 1.807) is 0 Å². The summed E-state index contributed by atoms with van der Waals surface area (Å²) in [5, 5.41) is 10.8. The molecule has 0 bridgehead atoms. The molecule has 0 amide bonds. The summed E-state index contributed by atoms with van der Waals surface area (Å²) in [4.78, 5) is 0. The molecule has 0 aliphatic carbocycles. The van der Waals surface area contributed by atoms with Crippen LogP contribution in [0, 0.1) is 0 Å². The lowest BCUT2D eigenvalue weighted by molar-refractivity contribution is 0.138. The molecule has 0 aromatic heterocycles. The molecular weight excluding hydrogens is 320 g/mol. The predicted molar refractivity (Wildman–Crippen MR) is 105 cm³/mol. The van der Waals surface area contributed by atoms with E-state index >= 15 is 0 Å². The third-order valence-corrected chi connectivity index (χ3v) is 4.47. The minimum absolute atomic E-state index is 0.215. The SMILES string of the molecule is [O]CCOc1cc(CCc2ccccc2)cc(CCc2ccccc2)c1. The highest BCUT2D eigenvalue weighted by Gasteiger charge is 2.05. The maximum atomic E-state index is 10.8. The van der Waals surface area contributed by atoms with Crippen LogP contribution < -0.4 is 4.74 Å². The molecule has 3 aromatic carbocycles. The molecule has 0 saturated heterocycles. The topological polar surface area (TPSA) is 29.1 Å². The lowest BCUT2D eigenvalue weighted by Gasteiger charge is -2.11. The van der Waals surface area contributed by atoms with Crippen molar-refractivity contribution in [3.05, 3.63) is 101 Å². The van der Waals surface area contributed by atoms with E-state index in [1.807, 2.05) is 12.1 Å². The Morgan fingerprint density at radius 1 is 0.577 bits per heavy atom. The summed E-state index contributed by atoms with van der Waals surface area (Å²) < 4.78 is 5.63. The third kappa shape index (κ3) is 5.75. The Morgan fingerprint density at radius 2 is 1.04 bits per heavy atom. The van der Waals surface area contributed by atoms with Crippen LogP contribution in [0.15, 0.2) is 78.9 Å². The normalized spacial score (nSPS) is 10.7. The Kier molecular flexibility index (Phi) is 6.86. The lowest BCUT2D eigenvalue weighted by atomic mass is 9.99. The van der Waals surface area contributed by atoms with E-state index in [0.29, 0.717) is 0 Å². The Labute approximate surface area is 156 Å². The van der Waals surface area contributed by atoms with Gasteiger partial charge in [0.1, 0.15) is 19.0 Å². The average Bonchev–Trinajstić information content (AvgIpc) is 2.71. The minimum atomic E-state index is -0.215. The van der Waals surface area contributed by atoms with Crippen LogP contribution in [-0.2, 0) is 30.8 Å². The fourth-order valence-electron chi connectivity index (χ4n) is 3.13. The average molecular weight is 345 g/mol. The summed E-state index contributed by atoms with van der Waals surface area (Å²) in [5.74, 6) is 0.814. The van der Waals surface area contributed by atoms with E-state index in [-0.39, 0.29) is 13.2 Å². The summed E-state index contributed by atoms with van der Waals surface area (Å²) in [7, 11) is 0. The maximum absolute atomic E-state index is 10.8. The Morgan fingerprint density at radius 3 is 1.50 bits per heavy atom. The van der Waals surface area contributed by atoms with Crippen LogP contribution in [0.4, 0.5) is 0 Å². The fourth-order valence-corrected chi connectivity index (χ4v) is 3.13. The molecule has 0 unspecified atom stereocenters.